The maximum atomic E-state index is 12.5. The summed E-state index contributed by atoms with van der Waals surface area (Å²) in [5, 5.41) is 3.79. The summed E-state index contributed by atoms with van der Waals surface area (Å²) in [6, 6.07) is 4.65. The van der Waals surface area contributed by atoms with Crippen LogP contribution in [-0.2, 0) is 9.59 Å². The number of halogens is 2. The fraction of sp³-hybridized carbons (Fsp3) is 0.529. The number of amides is 2. The van der Waals surface area contributed by atoms with Gasteiger partial charge in [0.05, 0.1) is 16.8 Å². The number of hydrogen-bond donors (Lipinski definition) is 1. The van der Waals surface area contributed by atoms with Crippen LogP contribution in [0.15, 0.2) is 18.2 Å². The number of piperazine rings is 1. The van der Waals surface area contributed by atoms with Gasteiger partial charge in [-0.05, 0) is 25.1 Å². The number of anilines is 1. The molecule has 132 valence electrons. The molecule has 1 heterocycles. The predicted octanol–water partition coefficient (Wildman–Crippen LogP) is 3.12. The molecule has 0 radical (unpaired) electrons. The molecule has 1 aromatic rings. The monoisotopic (exact) mass is 371 g/mol. The third-order valence-electron chi connectivity index (χ3n) is 4.23. The maximum Gasteiger partial charge on any atom is 0.241 e. The number of nitrogens with zero attached hydrogens (tertiary/aromatic N) is 2. The summed E-state index contributed by atoms with van der Waals surface area (Å²) in [5.74, 6) is 0.0301. The lowest BCUT2D eigenvalue weighted by molar-refractivity contribution is -0.136. The van der Waals surface area contributed by atoms with Crippen LogP contribution in [0.5, 0.6) is 0 Å². The zero-order valence-electron chi connectivity index (χ0n) is 14.2. The Bertz CT molecular complexity index is 614. The minimum atomic E-state index is -0.309. The number of rotatable bonds is 4. The second-order valence-electron chi connectivity index (χ2n) is 6.31. The largest absolute Gasteiger partial charge is 0.340 e. The number of hydrogen-bond acceptors (Lipinski definition) is 3. The fourth-order valence-corrected chi connectivity index (χ4v) is 3.03. The van der Waals surface area contributed by atoms with Crippen LogP contribution in [0, 0.1) is 5.92 Å². The molecule has 2 amide bonds. The lowest BCUT2D eigenvalue weighted by Gasteiger charge is -2.38. The second kappa shape index (κ2) is 8.19. The van der Waals surface area contributed by atoms with Gasteiger partial charge in [0.1, 0.15) is 0 Å². The van der Waals surface area contributed by atoms with Crippen molar-refractivity contribution in [2.24, 2.45) is 5.92 Å². The van der Waals surface area contributed by atoms with Gasteiger partial charge in [-0.2, -0.15) is 0 Å². The van der Waals surface area contributed by atoms with E-state index in [4.69, 9.17) is 23.2 Å². The van der Waals surface area contributed by atoms with E-state index >= 15 is 0 Å². The van der Waals surface area contributed by atoms with E-state index in [1.54, 1.807) is 18.2 Å². The third kappa shape index (κ3) is 4.62. The zero-order valence-corrected chi connectivity index (χ0v) is 15.7. The topological polar surface area (TPSA) is 52.7 Å². The Morgan fingerprint density at radius 1 is 1.08 bits per heavy atom. The van der Waals surface area contributed by atoms with Gasteiger partial charge in [-0.15, -0.1) is 0 Å². The smallest absolute Gasteiger partial charge is 0.241 e. The molecular formula is C17H23Cl2N3O2. The standard InChI is InChI=1S/C17H23Cl2N3O2/c1-11(2)17(24)22-8-6-21(7-9-22)12(3)16(23)20-15-10-13(18)4-5-14(15)19/h4-5,10-12H,6-9H2,1-3H3,(H,20,23)/t12-/m0/s1. The first-order chi connectivity index (χ1) is 11.3. The van der Waals surface area contributed by atoms with Crippen LogP contribution in [-0.4, -0.2) is 53.8 Å². The molecule has 1 fully saturated rings. The first kappa shape index (κ1) is 19.0. The van der Waals surface area contributed by atoms with Crippen molar-refractivity contribution in [3.05, 3.63) is 28.2 Å². The minimum Gasteiger partial charge on any atom is -0.340 e. The van der Waals surface area contributed by atoms with E-state index in [1.165, 1.54) is 0 Å². The normalized spacial score (nSPS) is 17.0. The Hall–Kier alpha value is -1.30. The van der Waals surface area contributed by atoms with Crippen LogP contribution in [0.4, 0.5) is 5.69 Å². The molecule has 1 aliphatic rings. The summed E-state index contributed by atoms with van der Waals surface area (Å²) in [6.45, 7) is 8.30. The molecule has 24 heavy (non-hydrogen) atoms. The highest BCUT2D eigenvalue weighted by molar-refractivity contribution is 6.35. The molecular weight excluding hydrogens is 349 g/mol. The van der Waals surface area contributed by atoms with Crippen molar-refractivity contribution in [3.8, 4) is 0 Å². The van der Waals surface area contributed by atoms with Crippen molar-refractivity contribution in [2.45, 2.75) is 26.8 Å². The van der Waals surface area contributed by atoms with Gasteiger partial charge in [-0.25, -0.2) is 0 Å². The molecule has 0 bridgehead atoms. The number of carbonyl (C=O) groups is 2. The Morgan fingerprint density at radius 2 is 1.71 bits per heavy atom. The van der Waals surface area contributed by atoms with Crippen LogP contribution in [0.1, 0.15) is 20.8 Å². The highest BCUT2D eigenvalue weighted by Gasteiger charge is 2.28. The number of benzene rings is 1. The van der Waals surface area contributed by atoms with Crippen molar-refractivity contribution in [3.63, 3.8) is 0 Å². The van der Waals surface area contributed by atoms with Crippen molar-refractivity contribution in [2.75, 3.05) is 31.5 Å². The molecule has 0 saturated carbocycles. The molecule has 0 aliphatic carbocycles. The Kier molecular flexibility index (Phi) is 6.49. The highest BCUT2D eigenvalue weighted by atomic mass is 35.5. The average molecular weight is 372 g/mol. The van der Waals surface area contributed by atoms with Crippen LogP contribution in [0.3, 0.4) is 0 Å². The third-order valence-corrected chi connectivity index (χ3v) is 4.80. The van der Waals surface area contributed by atoms with Gasteiger partial charge in [0.2, 0.25) is 11.8 Å². The van der Waals surface area contributed by atoms with E-state index < -0.39 is 0 Å². The van der Waals surface area contributed by atoms with Gasteiger partial charge in [0, 0.05) is 37.1 Å². The maximum absolute atomic E-state index is 12.5. The van der Waals surface area contributed by atoms with Crippen LogP contribution >= 0.6 is 23.2 Å². The van der Waals surface area contributed by atoms with Crippen molar-refractivity contribution >= 4 is 40.7 Å². The molecule has 0 unspecified atom stereocenters. The molecule has 1 atom stereocenters. The molecule has 2 rings (SSSR count). The van der Waals surface area contributed by atoms with Gasteiger partial charge in [-0.1, -0.05) is 37.0 Å². The molecule has 0 spiro atoms. The zero-order chi connectivity index (χ0) is 17.9. The molecule has 7 heteroatoms. The average Bonchev–Trinajstić information content (AvgIpc) is 2.56. The van der Waals surface area contributed by atoms with Crippen molar-refractivity contribution in [1.29, 1.82) is 0 Å². The Labute approximate surface area is 152 Å². The summed E-state index contributed by atoms with van der Waals surface area (Å²) in [6.07, 6.45) is 0. The molecule has 0 aromatic heterocycles. The van der Waals surface area contributed by atoms with Crippen LogP contribution in [0.25, 0.3) is 0 Å². The van der Waals surface area contributed by atoms with Gasteiger partial charge in [0.15, 0.2) is 0 Å². The van der Waals surface area contributed by atoms with E-state index in [0.29, 0.717) is 41.9 Å². The van der Waals surface area contributed by atoms with E-state index in [2.05, 4.69) is 10.2 Å². The van der Waals surface area contributed by atoms with E-state index in [-0.39, 0.29) is 23.8 Å². The van der Waals surface area contributed by atoms with Gasteiger partial charge < -0.3 is 10.2 Å². The van der Waals surface area contributed by atoms with E-state index in [0.717, 1.165) is 0 Å². The molecule has 5 nitrogen and oxygen atoms in total. The summed E-state index contributed by atoms with van der Waals surface area (Å²) < 4.78 is 0. The molecule has 1 N–H and O–H groups in total. The fourth-order valence-electron chi connectivity index (χ4n) is 2.69. The van der Waals surface area contributed by atoms with Gasteiger partial charge in [-0.3, -0.25) is 14.5 Å². The van der Waals surface area contributed by atoms with Crippen molar-refractivity contribution in [1.82, 2.24) is 9.80 Å². The lowest BCUT2D eigenvalue weighted by Crippen LogP contribution is -2.54. The number of carbonyl (C=O) groups excluding carboxylic acids is 2. The lowest BCUT2D eigenvalue weighted by atomic mass is 10.1. The Balaban J connectivity index is 1.92. The summed E-state index contributed by atoms with van der Waals surface area (Å²) in [4.78, 5) is 28.4. The van der Waals surface area contributed by atoms with Gasteiger partial charge in [0.25, 0.3) is 0 Å². The predicted molar refractivity (Wildman–Crippen MR) is 97.5 cm³/mol. The second-order valence-corrected chi connectivity index (χ2v) is 7.15. The van der Waals surface area contributed by atoms with Gasteiger partial charge >= 0.3 is 0 Å². The Morgan fingerprint density at radius 3 is 2.29 bits per heavy atom. The summed E-state index contributed by atoms with van der Waals surface area (Å²) in [7, 11) is 0. The summed E-state index contributed by atoms with van der Waals surface area (Å²) >= 11 is 12.0. The molecule has 1 aliphatic heterocycles. The van der Waals surface area contributed by atoms with Crippen LogP contribution in [0.2, 0.25) is 10.0 Å². The quantitative estimate of drug-likeness (QED) is 0.884. The first-order valence-electron chi connectivity index (χ1n) is 8.08. The summed E-state index contributed by atoms with van der Waals surface area (Å²) in [5.41, 5.74) is 0.509. The minimum absolute atomic E-state index is 0.00208. The van der Waals surface area contributed by atoms with Crippen LogP contribution < -0.4 is 5.32 Å². The SMILES string of the molecule is CC(C)C(=O)N1CCN([C@@H](C)C(=O)Nc2cc(Cl)ccc2Cl)CC1. The highest BCUT2D eigenvalue weighted by Crippen LogP contribution is 2.25. The first-order valence-corrected chi connectivity index (χ1v) is 8.84. The van der Waals surface area contributed by atoms with E-state index in [1.807, 2.05) is 25.7 Å². The number of nitrogens with one attached hydrogen (secondary N) is 1. The van der Waals surface area contributed by atoms with E-state index in [9.17, 15) is 9.59 Å². The molecule has 1 saturated heterocycles. The van der Waals surface area contributed by atoms with Crippen molar-refractivity contribution < 1.29 is 9.59 Å². The molecule has 1 aromatic carbocycles.